The van der Waals surface area contributed by atoms with Gasteiger partial charge in [0.05, 0.1) is 7.11 Å². The summed E-state index contributed by atoms with van der Waals surface area (Å²) in [6, 6.07) is -0.480. The molecule has 12 heavy (non-hydrogen) atoms. The summed E-state index contributed by atoms with van der Waals surface area (Å²) in [7, 11) is 3.00. The Morgan fingerprint density at radius 3 is 2.58 bits per heavy atom. The van der Waals surface area contributed by atoms with E-state index in [-0.39, 0.29) is 5.97 Å². The monoisotopic (exact) mass is 175 g/mol. The summed E-state index contributed by atoms with van der Waals surface area (Å²) in [5, 5.41) is 0. The molecule has 4 nitrogen and oxygen atoms in total. The molecule has 0 aliphatic heterocycles. The number of methoxy groups -OCH3 is 2. The molecule has 0 fully saturated rings. The smallest absolute Gasteiger partial charge is 0.322 e. The van der Waals surface area contributed by atoms with E-state index >= 15 is 0 Å². The number of rotatable bonds is 6. The van der Waals surface area contributed by atoms with Crippen molar-refractivity contribution in [3.63, 3.8) is 0 Å². The minimum atomic E-state index is -0.480. The van der Waals surface area contributed by atoms with Gasteiger partial charge in [-0.25, -0.2) is 0 Å². The fourth-order valence-corrected chi connectivity index (χ4v) is 0.880. The Labute approximate surface area is 73.0 Å². The fraction of sp³-hybridized carbons (Fsp3) is 0.875. The van der Waals surface area contributed by atoms with Crippen molar-refractivity contribution in [1.29, 1.82) is 0 Å². The summed E-state index contributed by atoms with van der Waals surface area (Å²) in [5.41, 5.74) is 5.49. The summed E-state index contributed by atoms with van der Waals surface area (Å²) in [6.07, 6.45) is 2.49. The van der Waals surface area contributed by atoms with Crippen LogP contribution in [0.25, 0.3) is 0 Å². The maximum atomic E-state index is 10.8. The van der Waals surface area contributed by atoms with E-state index in [0.29, 0.717) is 13.0 Å². The summed E-state index contributed by atoms with van der Waals surface area (Å²) >= 11 is 0. The highest BCUT2D eigenvalue weighted by molar-refractivity contribution is 5.75. The lowest BCUT2D eigenvalue weighted by atomic mass is 10.1. The molecule has 0 aliphatic carbocycles. The number of hydrogen-bond acceptors (Lipinski definition) is 4. The highest BCUT2D eigenvalue weighted by atomic mass is 16.5. The second-order valence-electron chi connectivity index (χ2n) is 2.62. The van der Waals surface area contributed by atoms with Gasteiger partial charge in [-0.1, -0.05) is 0 Å². The minimum Gasteiger partial charge on any atom is -0.468 e. The molecule has 0 radical (unpaired) electrons. The van der Waals surface area contributed by atoms with Crippen LogP contribution in [0, 0.1) is 0 Å². The molecule has 0 aromatic carbocycles. The van der Waals surface area contributed by atoms with Gasteiger partial charge in [0.2, 0.25) is 0 Å². The molecular formula is C8H17NO3. The van der Waals surface area contributed by atoms with Crippen molar-refractivity contribution in [2.45, 2.75) is 25.3 Å². The van der Waals surface area contributed by atoms with Gasteiger partial charge >= 0.3 is 5.97 Å². The number of carbonyl (C=O) groups is 1. The van der Waals surface area contributed by atoms with Gasteiger partial charge < -0.3 is 15.2 Å². The lowest BCUT2D eigenvalue weighted by Gasteiger charge is -2.07. The van der Waals surface area contributed by atoms with Gasteiger partial charge in [0.1, 0.15) is 6.04 Å². The number of ether oxygens (including phenoxy) is 2. The molecule has 0 rings (SSSR count). The summed E-state index contributed by atoms with van der Waals surface area (Å²) in [5.74, 6) is -0.340. The zero-order valence-electron chi connectivity index (χ0n) is 7.71. The van der Waals surface area contributed by atoms with Crippen molar-refractivity contribution in [2.24, 2.45) is 5.73 Å². The third-order valence-corrected chi connectivity index (χ3v) is 1.62. The van der Waals surface area contributed by atoms with Gasteiger partial charge in [-0.15, -0.1) is 0 Å². The normalized spacial score (nSPS) is 12.6. The second kappa shape index (κ2) is 7.06. The molecule has 0 saturated carbocycles. The SMILES string of the molecule is COCCCC[C@H](N)C(=O)OC. The lowest BCUT2D eigenvalue weighted by Crippen LogP contribution is -2.31. The molecular weight excluding hydrogens is 158 g/mol. The van der Waals surface area contributed by atoms with Crippen LogP contribution in [0.1, 0.15) is 19.3 Å². The van der Waals surface area contributed by atoms with Gasteiger partial charge in [-0.05, 0) is 19.3 Å². The Balaban J connectivity index is 3.31. The third-order valence-electron chi connectivity index (χ3n) is 1.62. The first-order valence-corrected chi connectivity index (χ1v) is 4.04. The van der Waals surface area contributed by atoms with Crippen LogP contribution >= 0.6 is 0 Å². The van der Waals surface area contributed by atoms with Gasteiger partial charge in [0, 0.05) is 13.7 Å². The van der Waals surface area contributed by atoms with Crippen molar-refractivity contribution in [1.82, 2.24) is 0 Å². The first-order chi connectivity index (χ1) is 5.72. The van der Waals surface area contributed by atoms with Crippen molar-refractivity contribution in [2.75, 3.05) is 20.8 Å². The second-order valence-corrected chi connectivity index (χ2v) is 2.62. The van der Waals surface area contributed by atoms with Crippen LogP contribution in [-0.4, -0.2) is 32.8 Å². The molecule has 2 N–H and O–H groups in total. The minimum absolute atomic E-state index is 0.340. The molecule has 0 saturated heterocycles. The van der Waals surface area contributed by atoms with Crippen LogP contribution in [-0.2, 0) is 14.3 Å². The molecule has 0 aromatic rings. The van der Waals surface area contributed by atoms with E-state index < -0.39 is 6.04 Å². The Bertz CT molecular complexity index is 127. The highest BCUT2D eigenvalue weighted by Gasteiger charge is 2.11. The quantitative estimate of drug-likeness (QED) is 0.466. The first-order valence-electron chi connectivity index (χ1n) is 4.04. The zero-order chi connectivity index (χ0) is 9.40. The number of carbonyl (C=O) groups excluding carboxylic acids is 1. The van der Waals surface area contributed by atoms with Crippen LogP contribution in [0.15, 0.2) is 0 Å². The largest absolute Gasteiger partial charge is 0.468 e. The number of hydrogen-bond donors (Lipinski definition) is 1. The van der Waals surface area contributed by atoms with E-state index in [1.54, 1.807) is 7.11 Å². The van der Waals surface area contributed by atoms with E-state index in [2.05, 4.69) is 4.74 Å². The molecule has 72 valence electrons. The van der Waals surface area contributed by atoms with Crippen LogP contribution < -0.4 is 5.73 Å². The fourth-order valence-electron chi connectivity index (χ4n) is 0.880. The molecule has 0 unspecified atom stereocenters. The average Bonchev–Trinajstić information content (AvgIpc) is 2.10. The topological polar surface area (TPSA) is 61.5 Å². The van der Waals surface area contributed by atoms with Crippen molar-refractivity contribution in [3.05, 3.63) is 0 Å². The summed E-state index contributed by atoms with van der Waals surface area (Å²) in [6.45, 7) is 0.716. The van der Waals surface area contributed by atoms with Gasteiger partial charge in [0.15, 0.2) is 0 Å². The number of unbranched alkanes of at least 4 members (excludes halogenated alkanes) is 1. The van der Waals surface area contributed by atoms with E-state index in [1.165, 1.54) is 7.11 Å². The highest BCUT2D eigenvalue weighted by Crippen LogP contribution is 2.00. The number of esters is 1. The maximum absolute atomic E-state index is 10.8. The Morgan fingerprint density at radius 2 is 2.08 bits per heavy atom. The van der Waals surface area contributed by atoms with Gasteiger partial charge in [0.25, 0.3) is 0 Å². The molecule has 4 heteroatoms. The van der Waals surface area contributed by atoms with Crippen molar-refractivity contribution < 1.29 is 14.3 Å². The van der Waals surface area contributed by atoms with E-state index in [9.17, 15) is 4.79 Å². The Hall–Kier alpha value is -0.610. The van der Waals surface area contributed by atoms with Gasteiger partial charge in [-0.3, -0.25) is 4.79 Å². The lowest BCUT2D eigenvalue weighted by molar-refractivity contribution is -0.142. The van der Waals surface area contributed by atoms with Gasteiger partial charge in [-0.2, -0.15) is 0 Å². The number of nitrogens with two attached hydrogens (primary N) is 1. The summed E-state index contributed by atoms with van der Waals surface area (Å²) < 4.78 is 9.33. The predicted octanol–water partition coefficient (Wildman–Crippen LogP) is 0.303. The molecule has 0 aromatic heterocycles. The van der Waals surface area contributed by atoms with Crippen molar-refractivity contribution in [3.8, 4) is 0 Å². The van der Waals surface area contributed by atoms with Crippen LogP contribution in [0.3, 0.4) is 0 Å². The third kappa shape index (κ3) is 5.09. The Morgan fingerprint density at radius 1 is 1.42 bits per heavy atom. The molecule has 0 spiro atoms. The van der Waals surface area contributed by atoms with E-state index in [0.717, 1.165) is 12.8 Å². The zero-order valence-corrected chi connectivity index (χ0v) is 7.71. The van der Waals surface area contributed by atoms with E-state index in [4.69, 9.17) is 10.5 Å². The standard InChI is InChI=1S/C8H17NO3/c1-11-6-4-3-5-7(9)8(10)12-2/h7H,3-6,9H2,1-2H3/t7-/m0/s1. The van der Waals surface area contributed by atoms with E-state index in [1.807, 2.05) is 0 Å². The van der Waals surface area contributed by atoms with Crippen molar-refractivity contribution >= 4 is 5.97 Å². The predicted molar refractivity (Wildman–Crippen MR) is 45.7 cm³/mol. The van der Waals surface area contributed by atoms with Crippen LogP contribution in [0.2, 0.25) is 0 Å². The first kappa shape index (κ1) is 11.4. The Kier molecular flexibility index (Phi) is 6.70. The molecule has 0 amide bonds. The average molecular weight is 175 g/mol. The van der Waals surface area contributed by atoms with Crippen LogP contribution in [0.4, 0.5) is 0 Å². The molecule has 1 atom stereocenters. The molecule has 0 heterocycles. The maximum Gasteiger partial charge on any atom is 0.322 e. The summed E-state index contributed by atoms with van der Waals surface area (Å²) in [4.78, 5) is 10.8. The molecule has 0 bridgehead atoms. The van der Waals surface area contributed by atoms with Crippen LogP contribution in [0.5, 0.6) is 0 Å². The molecule has 0 aliphatic rings.